The van der Waals surface area contributed by atoms with E-state index in [4.69, 9.17) is 23.1 Å². The van der Waals surface area contributed by atoms with Gasteiger partial charge in [-0.2, -0.15) is 0 Å². The van der Waals surface area contributed by atoms with Crippen LogP contribution in [0.2, 0.25) is 5.02 Å². The normalized spacial score (nSPS) is 20.8. The second-order valence-electron chi connectivity index (χ2n) is 20.3. The van der Waals surface area contributed by atoms with E-state index in [0.29, 0.717) is 46.7 Å². The number of aliphatic hydroxyl groups is 1. The molecular formula is C56H71ClN10O14S3. The molecule has 1 aliphatic heterocycles. The molecule has 0 radical (unpaired) electrons. The van der Waals surface area contributed by atoms with Gasteiger partial charge in [0.15, 0.2) is 5.78 Å². The predicted octanol–water partition coefficient (Wildman–Crippen LogP) is 0.174. The fourth-order valence-corrected chi connectivity index (χ4v) is 12.0. The summed E-state index contributed by atoms with van der Waals surface area (Å²) in [6, 6.07) is 12.8. The maximum Gasteiger partial charge on any atom is 0.248 e. The number of hydrogen-bond donors (Lipinski definition) is 13. The van der Waals surface area contributed by atoms with Crippen LogP contribution in [-0.4, -0.2) is 157 Å². The molecule has 8 amide bonds. The topological polar surface area (TPSA) is 397 Å². The molecule has 15 N–H and O–H groups in total. The molecule has 9 atom stereocenters. The summed E-state index contributed by atoms with van der Waals surface area (Å²) in [6.07, 6.45) is -1.39. The molecule has 4 aromatic rings. The van der Waals surface area contributed by atoms with Gasteiger partial charge < -0.3 is 64.0 Å². The van der Waals surface area contributed by atoms with Crippen LogP contribution in [0.5, 0.6) is 11.5 Å². The second kappa shape index (κ2) is 32.7. The van der Waals surface area contributed by atoms with Crippen molar-refractivity contribution in [2.24, 2.45) is 17.4 Å². The SMILES string of the molecule is CNCCCC[C@@H]1NC(=O)[C@@H](Cc2ccc(C(N)=O)cc2)NC(=O)[C@H](Cc2ccc(O)cc2)CC(=O)[C@H](NC(=O)[C@H](Cc2ccc(Cl)cc2)NS(C)(=O)=O)CSSC[C@@H](C(=O)N[C@H](Cc2ccc(O)cc2)C(N)=O)NC(=O)[C@H]([C@@H](C)O)NC1=O. The fourth-order valence-electron chi connectivity index (χ4n) is 8.78. The molecule has 0 aromatic heterocycles. The van der Waals surface area contributed by atoms with E-state index in [-0.39, 0.29) is 60.7 Å². The Morgan fingerprint density at radius 2 is 1.23 bits per heavy atom. The molecule has 1 heterocycles. The van der Waals surface area contributed by atoms with E-state index in [1.165, 1.54) is 91.9 Å². The Morgan fingerprint density at radius 3 is 1.80 bits per heavy atom. The molecule has 4 aromatic carbocycles. The molecule has 0 unspecified atom stereocenters. The smallest absolute Gasteiger partial charge is 0.248 e. The Labute approximate surface area is 499 Å². The Hall–Kier alpha value is -7.27. The van der Waals surface area contributed by atoms with Crippen molar-refractivity contribution in [3.05, 3.63) is 130 Å². The van der Waals surface area contributed by atoms with Crippen LogP contribution < -0.4 is 53.4 Å². The van der Waals surface area contributed by atoms with Gasteiger partial charge in [0.05, 0.1) is 18.4 Å². The minimum absolute atomic E-state index is 0.0266. The molecule has 1 fully saturated rings. The van der Waals surface area contributed by atoms with E-state index in [2.05, 4.69) is 41.9 Å². The number of carbonyl (C=O) groups is 9. The first-order valence-electron chi connectivity index (χ1n) is 26.7. The highest BCUT2D eigenvalue weighted by molar-refractivity contribution is 8.76. The van der Waals surface area contributed by atoms with E-state index in [1.807, 2.05) is 0 Å². The maximum atomic E-state index is 15.0. The third-order valence-electron chi connectivity index (χ3n) is 13.4. The third kappa shape index (κ3) is 22.4. The number of aromatic hydroxyl groups is 2. The number of Topliss-reactive ketones (excluding diaryl/α,β-unsaturated/α-hetero) is 1. The van der Waals surface area contributed by atoms with E-state index < -0.39 is 124 Å². The van der Waals surface area contributed by atoms with Crippen LogP contribution in [0.1, 0.15) is 65.2 Å². The molecule has 28 heteroatoms. The lowest BCUT2D eigenvalue weighted by molar-refractivity contribution is -0.137. The molecule has 454 valence electrons. The molecule has 0 bridgehead atoms. The van der Waals surface area contributed by atoms with Gasteiger partial charge in [0.2, 0.25) is 57.3 Å². The number of nitrogens with two attached hydrogens (primary N) is 2. The zero-order chi connectivity index (χ0) is 61.7. The van der Waals surface area contributed by atoms with Crippen LogP contribution in [0.4, 0.5) is 0 Å². The second-order valence-corrected chi connectivity index (χ2v) is 25.0. The van der Waals surface area contributed by atoms with E-state index >= 15 is 0 Å². The van der Waals surface area contributed by atoms with Crippen molar-refractivity contribution < 1.29 is 66.9 Å². The quantitative estimate of drug-likeness (QED) is 0.0369. The summed E-state index contributed by atoms with van der Waals surface area (Å²) in [6.45, 7) is 1.71. The monoisotopic (exact) mass is 1240 g/mol. The number of phenols is 2. The first-order chi connectivity index (χ1) is 39.8. The van der Waals surface area contributed by atoms with Crippen molar-refractivity contribution in [2.45, 2.75) is 107 Å². The third-order valence-corrected chi connectivity index (χ3v) is 16.8. The number of rotatable bonds is 22. The number of ketones is 1. The Kier molecular flexibility index (Phi) is 26.3. The highest BCUT2D eigenvalue weighted by Crippen LogP contribution is 2.26. The lowest BCUT2D eigenvalue weighted by Gasteiger charge is -2.29. The fraction of sp³-hybridized carbons (Fsp3) is 0.411. The van der Waals surface area contributed by atoms with Gasteiger partial charge in [0, 0.05) is 47.3 Å². The minimum atomic E-state index is -4.08. The van der Waals surface area contributed by atoms with Crippen molar-refractivity contribution in [3.63, 3.8) is 0 Å². The van der Waals surface area contributed by atoms with Gasteiger partial charge >= 0.3 is 0 Å². The lowest BCUT2D eigenvalue weighted by atomic mass is 9.90. The van der Waals surface area contributed by atoms with E-state index in [1.54, 1.807) is 19.2 Å². The number of nitrogens with one attached hydrogen (secondary N) is 8. The van der Waals surface area contributed by atoms with Crippen LogP contribution in [-0.2, 0) is 74.1 Å². The average molecular weight is 1240 g/mol. The summed E-state index contributed by atoms with van der Waals surface area (Å²) in [5, 5.41) is 50.2. The minimum Gasteiger partial charge on any atom is -0.508 e. The van der Waals surface area contributed by atoms with Crippen molar-refractivity contribution in [2.75, 3.05) is 31.4 Å². The zero-order valence-corrected chi connectivity index (χ0v) is 49.5. The Balaban J connectivity index is 1.62. The number of phenolic OH excluding ortho intramolecular Hbond substituents is 2. The molecular weight excluding hydrogens is 1170 g/mol. The van der Waals surface area contributed by atoms with E-state index in [0.717, 1.165) is 27.8 Å². The molecule has 0 aliphatic carbocycles. The molecule has 1 aliphatic rings. The van der Waals surface area contributed by atoms with Crippen LogP contribution >= 0.6 is 33.2 Å². The summed E-state index contributed by atoms with van der Waals surface area (Å²) in [5.41, 5.74) is 13.2. The Morgan fingerprint density at radius 1 is 0.690 bits per heavy atom. The van der Waals surface area contributed by atoms with Gasteiger partial charge in [-0.3, -0.25) is 43.2 Å². The van der Waals surface area contributed by atoms with Crippen LogP contribution in [0.15, 0.2) is 97.1 Å². The highest BCUT2D eigenvalue weighted by Gasteiger charge is 2.37. The van der Waals surface area contributed by atoms with Crippen molar-refractivity contribution >= 4 is 96.3 Å². The summed E-state index contributed by atoms with van der Waals surface area (Å²) < 4.78 is 27.8. The standard InChI is InChI=1S/C56H71ClN10O14S3/c1-31(68)48-56(79)65-46(55(78)62-42(50(59)73)25-35-13-21-40(70)22-14-35)30-83-82-29-45(64-54(77)44(67-84(3,80)81)27-34-9-17-38(57)18-10-34)47(71)28-37(24-32-11-19-39(69)20-12-32)51(74)63-43(26-33-7-15-36(16-8-33)49(58)72)53(76)61-41(52(75)66-48)6-4-5-23-60-2/h7-22,31,37,41-46,48,60,67-70H,4-6,23-30H2,1-3H3,(H2,58,72)(H2,59,73)(H,61,76)(H,62,78)(H,63,74)(H,64,77)(H,65,79)(H,66,75)/t31-,37-,41+,42-,43-,44+,45-,46+,48+/m1/s1. The van der Waals surface area contributed by atoms with Gasteiger partial charge in [-0.25, -0.2) is 13.1 Å². The van der Waals surface area contributed by atoms with Gasteiger partial charge in [-0.1, -0.05) is 81.7 Å². The number of aliphatic hydroxyl groups excluding tert-OH is 1. The zero-order valence-electron chi connectivity index (χ0n) is 46.3. The number of hydrogen-bond acceptors (Lipinski definition) is 17. The predicted molar refractivity (Wildman–Crippen MR) is 317 cm³/mol. The number of primary amides is 2. The summed E-state index contributed by atoms with van der Waals surface area (Å²) in [7, 11) is -0.540. The van der Waals surface area contributed by atoms with Crippen molar-refractivity contribution in [1.29, 1.82) is 0 Å². The number of benzene rings is 4. The lowest BCUT2D eigenvalue weighted by Crippen LogP contribution is -2.62. The molecule has 24 nitrogen and oxygen atoms in total. The van der Waals surface area contributed by atoms with Gasteiger partial charge in [-0.15, -0.1) is 0 Å². The molecule has 5 rings (SSSR count). The molecule has 0 saturated carbocycles. The summed E-state index contributed by atoms with van der Waals surface area (Å²) >= 11 is 6.11. The molecule has 84 heavy (non-hydrogen) atoms. The van der Waals surface area contributed by atoms with E-state index in [9.17, 15) is 66.9 Å². The molecule has 0 spiro atoms. The first kappa shape index (κ1) is 67.5. The Bertz CT molecular complexity index is 3050. The largest absolute Gasteiger partial charge is 0.508 e. The highest BCUT2D eigenvalue weighted by atomic mass is 35.5. The van der Waals surface area contributed by atoms with Gasteiger partial charge in [0.1, 0.15) is 47.8 Å². The maximum absolute atomic E-state index is 15.0. The number of unbranched alkanes of at least 4 members (excludes halogenated alkanes) is 1. The number of halogens is 1. The van der Waals surface area contributed by atoms with Gasteiger partial charge in [-0.05, 0) is 123 Å². The van der Waals surface area contributed by atoms with Crippen LogP contribution in [0.3, 0.4) is 0 Å². The van der Waals surface area contributed by atoms with Crippen LogP contribution in [0.25, 0.3) is 0 Å². The number of amides is 8. The van der Waals surface area contributed by atoms with Gasteiger partial charge in [0.25, 0.3) is 0 Å². The number of sulfonamides is 1. The summed E-state index contributed by atoms with van der Waals surface area (Å²) in [4.78, 5) is 127. The first-order valence-corrected chi connectivity index (χ1v) is 31.4. The average Bonchev–Trinajstić information content (AvgIpc) is 3.60. The molecule has 1 saturated heterocycles. The summed E-state index contributed by atoms with van der Waals surface area (Å²) in [5.74, 6) is -10.3. The van der Waals surface area contributed by atoms with Crippen LogP contribution in [0, 0.1) is 5.92 Å². The van der Waals surface area contributed by atoms with Crippen molar-refractivity contribution in [1.82, 2.24) is 41.9 Å². The van der Waals surface area contributed by atoms with Crippen molar-refractivity contribution in [3.8, 4) is 11.5 Å². The number of carbonyl (C=O) groups excluding carboxylic acids is 9.